The molecule has 0 saturated carbocycles. The molecule has 1 fully saturated rings. The zero-order chi connectivity index (χ0) is 26.8. The normalized spacial score (nSPS) is 16.4. The summed E-state index contributed by atoms with van der Waals surface area (Å²) >= 11 is 6.04. The number of rotatable bonds is 7. The second kappa shape index (κ2) is 10.5. The second-order valence-corrected chi connectivity index (χ2v) is 10.8. The Labute approximate surface area is 220 Å². The highest BCUT2D eigenvalue weighted by molar-refractivity contribution is 6.30. The van der Waals surface area contributed by atoms with Crippen LogP contribution < -0.4 is 10.2 Å². The van der Waals surface area contributed by atoms with Crippen molar-refractivity contribution in [3.63, 3.8) is 0 Å². The Morgan fingerprint density at radius 3 is 2.46 bits per heavy atom. The summed E-state index contributed by atoms with van der Waals surface area (Å²) in [6, 6.07) is 8.46. The van der Waals surface area contributed by atoms with Crippen LogP contribution in [0.1, 0.15) is 51.6 Å². The zero-order valence-electron chi connectivity index (χ0n) is 21.2. The van der Waals surface area contributed by atoms with Crippen molar-refractivity contribution in [2.75, 3.05) is 24.6 Å². The number of H-pyrrole nitrogens is 1. The molecule has 2 aromatic heterocycles. The first kappa shape index (κ1) is 26.7. The van der Waals surface area contributed by atoms with E-state index in [9.17, 15) is 19.8 Å². The quantitative estimate of drug-likeness (QED) is 0.364. The number of amides is 2. The molecule has 11 heteroatoms. The number of carbonyl (C=O) groups is 2. The lowest BCUT2D eigenvalue weighted by Crippen LogP contribution is -2.69. The van der Waals surface area contributed by atoms with E-state index in [1.807, 2.05) is 6.07 Å². The zero-order valence-corrected chi connectivity index (χ0v) is 22.0. The first-order valence-electron chi connectivity index (χ1n) is 12.3. The highest BCUT2D eigenvalue weighted by atomic mass is 35.5. The fourth-order valence-corrected chi connectivity index (χ4v) is 5.43. The number of hydrogen-bond acceptors (Lipinski definition) is 6. The van der Waals surface area contributed by atoms with Crippen LogP contribution in [0.5, 0.6) is 0 Å². The molecule has 0 radical (unpaired) electrons. The lowest BCUT2D eigenvalue weighted by atomic mass is 9.81. The number of benzene rings is 1. The number of nitrogens with one attached hydrogen (secondary N) is 2. The van der Waals surface area contributed by atoms with Gasteiger partial charge in [0.25, 0.3) is 0 Å². The number of anilines is 1. The number of aliphatic hydroxyl groups excluding tert-OH is 1. The molecular weight excluding hydrogens is 496 g/mol. The van der Waals surface area contributed by atoms with Crippen LogP contribution in [-0.4, -0.2) is 72.8 Å². The van der Waals surface area contributed by atoms with E-state index in [0.29, 0.717) is 18.1 Å². The van der Waals surface area contributed by atoms with Crippen molar-refractivity contribution >= 4 is 40.5 Å². The predicted octanol–water partition coefficient (Wildman–Crippen LogP) is 3.97. The van der Waals surface area contributed by atoms with Crippen LogP contribution in [0.3, 0.4) is 0 Å². The van der Waals surface area contributed by atoms with Crippen LogP contribution in [0.2, 0.25) is 5.02 Å². The Morgan fingerprint density at radius 2 is 1.86 bits per heavy atom. The highest BCUT2D eigenvalue weighted by Crippen LogP contribution is 2.38. The Morgan fingerprint density at radius 1 is 1.19 bits per heavy atom. The first-order chi connectivity index (χ1) is 17.6. The molecule has 3 aromatic rings. The lowest BCUT2D eigenvalue weighted by molar-refractivity contribution is -0.138. The Kier molecular flexibility index (Phi) is 7.61. The fraction of sp³-hybridized carbons (Fsp3) is 0.462. The molecular formula is C26H33ClN6O4. The lowest BCUT2D eigenvalue weighted by Gasteiger charge is -2.51. The molecule has 1 atom stereocenters. The van der Waals surface area contributed by atoms with Gasteiger partial charge in [0.2, 0.25) is 5.91 Å². The van der Waals surface area contributed by atoms with E-state index >= 15 is 0 Å². The summed E-state index contributed by atoms with van der Waals surface area (Å²) in [7, 11) is 0. The third-order valence-corrected chi connectivity index (χ3v) is 7.18. The number of aliphatic hydroxyl groups is 1. The number of piperidine rings is 1. The van der Waals surface area contributed by atoms with E-state index in [0.717, 1.165) is 22.4 Å². The van der Waals surface area contributed by atoms with Crippen molar-refractivity contribution in [1.82, 2.24) is 25.2 Å². The molecule has 0 aliphatic carbocycles. The molecule has 4 N–H and O–H groups in total. The third kappa shape index (κ3) is 5.35. The maximum atomic E-state index is 14.1. The van der Waals surface area contributed by atoms with E-state index < -0.39 is 23.2 Å². The van der Waals surface area contributed by atoms with Crippen LogP contribution in [0.4, 0.5) is 10.6 Å². The molecule has 1 aliphatic rings. The van der Waals surface area contributed by atoms with Gasteiger partial charge in [-0.2, -0.15) is 0 Å². The van der Waals surface area contributed by atoms with Crippen LogP contribution in [-0.2, 0) is 4.79 Å². The summed E-state index contributed by atoms with van der Waals surface area (Å²) in [6.45, 7) is 6.09. The minimum absolute atomic E-state index is 0.142. The molecule has 2 amide bonds. The first-order valence-corrected chi connectivity index (χ1v) is 12.7. The number of halogens is 1. The molecule has 0 spiro atoms. The van der Waals surface area contributed by atoms with Crippen molar-refractivity contribution in [3.05, 3.63) is 53.4 Å². The maximum Gasteiger partial charge on any atom is 0.408 e. The largest absolute Gasteiger partial charge is 0.465 e. The van der Waals surface area contributed by atoms with Crippen molar-refractivity contribution in [2.24, 2.45) is 0 Å². The van der Waals surface area contributed by atoms with E-state index in [-0.39, 0.29) is 31.8 Å². The number of aromatic amines is 1. The van der Waals surface area contributed by atoms with Gasteiger partial charge in [-0.1, -0.05) is 23.7 Å². The predicted molar refractivity (Wildman–Crippen MR) is 142 cm³/mol. The van der Waals surface area contributed by atoms with Gasteiger partial charge in [-0.05, 0) is 63.8 Å². The maximum absolute atomic E-state index is 14.1. The Bertz CT molecular complexity index is 1250. The number of fused-ring (bicyclic) bond motifs is 1. The molecule has 1 aliphatic heterocycles. The summed E-state index contributed by atoms with van der Waals surface area (Å²) in [4.78, 5) is 41.9. The van der Waals surface area contributed by atoms with Crippen molar-refractivity contribution < 1.29 is 19.8 Å². The molecule has 10 nitrogen and oxygen atoms in total. The van der Waals surface area contributed by atoms with E-state index in [1.54, 1.807) is 51.2 Å². The van der Waals surface area contributed by atoms with Gasteiger partial charge in [-0.15, -0.1) is 0 Å². The van der Waals surface area contributed by atoms with Gasteiger partial charge in [0, 0.05) is 36.5 Å². The summed E-state index contributed by atoms with van der Waals surface area (Å²) in [5.41, 5.74) is -0.643. The molecule has 37 heavy (non-hydrogen) atoms. The van der Waals surface area contributed by atoms with Gasteiger partial charge in [0.15, 0.2) is 0 Å². The van der Waals surface area contributed by atoms with E-state index in [2.05, 4.69) is 25.2 Å². The van der Waals surface area contributed by atoms with Crippen molar-refractivity contribution in [2.45, 2.75) is 57.2 Å². The average Bonchev–Trinajstić information content (AvgIpc) is 3.33. The molecule has 1 unspecified atom stereocenters. The molecule has 3 heterocycles. The summed E-state index contributed by atoms with van der Waals surface area (Å²) in [6.07, 6.45) is 2.96. The Balaban J connectivity index is 1.67. The van der Waals surface area contributed by atoms with Crippen LogP contribution >= 0.6 is 11.6 Å². The van der Waals surface area contributed by atoms with E-state index in [4.69, 9.17) is 11.6 Å². The van der Waals surface area contributed by atoms with Gasteiger partial charge >= 0.3 is 6.09 Å². The van der Waals surface area contributed by atoms with Gasteiger partial charge in [-0.25, -0.2) is 14.8 Å². The molecule has 4 rings (SSSR count). The topological polar surface area (TPSA) is 135 Å². The summed E-state index contributed by atoms with van der Waals surface area (Å²) in [5.74, 6) is 0.365. The van der Waals surface area contributed by atoms with E-state index in [1.165, 1.54) is 11.2 Å². The SMILES string of the molecule is CC(C)(C)N(C(=O)O)C1(C(=O)NC(CCO)c2ccc(Cl)cc2)CCN(c2ncnc3[nH]ccc23)CC1. The van der Waals surface area contributed by atoms with Gasteiger partial charge < -0.3 is 25.4 Å². The highest BCUT2D eigenvalue weighted by Gasteiger charge is 2.53. The van der Waals surface area contributed by atoms with Crippen LogP contribution in [0.25, 0.3) is 11.0 Å². The van der Waals surface area contributed by atoms with Gasteiger partial charge in [0.05, 0.1) is 11.4 Å². The smallest absolute Gasteiger partial charge is 0.408 e. The molecule has 0 bridgehead atoms. The third-order valence-electron chi connectivity index (χ3n) is 6.93. The minimum atomic E-state index is -1.31. The minimum Gasteiger partial charge on any atom is -0.465 e. The molecule has 198 valence electrons. The Hall–Kier alpha value is -3.37. The standard InChI is InChI=1S/C26H33ClN6O4/c1-25(2,3)33(24(36)37)26(23(35)31-20(9-15-34)17-4-6-18(27)7-5-17)10-13-32(14-11-26)22-19-8-12-28-21(19)29-16-30-22/h4-8,12,16,20,34H,9-11,13-15H2,1-3H3,(H,31,35)(H,36,37)(H,28,29,30). The summed E-state index contributed by atoms with van der Waals surface area (Å²) < 4.78 is 0. The number of hydrogen-bond donors (Lipinski definition) is 4. The monoisotopic (exact) mass is 528 g/mol. The van der Waals surface area contributed by atoms with Crippen molar-refractivity contribution in [3.8, 4) is 0 Å². The number of carboxylic acid groups (broad SMARTS) is 1. The molecule has 1 saturated heterocycles. The van der Waals surface area contributed by atoms with Crippen molar-refractivity contribution in [1.29, 1.82) is 0 Å². The summed E-state index contributed by atoms with van der Waals surface area (Å²) in [5, 5.41) is 24.5. The number of nitrogens with zero attached hydrogens (tertiary/aromatic N) is 4. The molecule has 1 aromatic carbocycles. The van der Waals surface area contributed by atoms with Gasteiger partial charge in [0.1, 0.15) is 23.3 Å². The second-order valence-electron chi connectivity index (χ2n) is 10.3. The van der Waals surface area contributed by atoms with Crippen LogP contribution in [0, 0.1) is 0 Å². The number of carbonyl (C=O) groups excluding carboxylic acids is 1. The van der Waals surface area contributed by atoms with Crippen LogP contribution in [0.15, 0.2) is 42.9 Å². The fourth-order valence-electron chi connectivity index (χ4n) is 5.30. The number of aromatic nitrogens is 3. The van der Waals surface area contributed by atoms with Gasteiger partial charge in [-0.3, -0.25) is 9.69 Å². The average molecular weight is 529 g/mol.